The SMILES string of the molecule is COC(=O)C1CC2CCCCC2N1C(=O)CC1CCCCC1. The van der Waals surface area contributed by atoms with Gasteiger partial charge in [-0.3, -0.25) is 4.79 Å². The van der Waals surface area contributed by atoms with E-state index in [4.69, 9.17) is 4.74 Å². The Morgan fingerprint density at radius 2 is 1.68 bits per heavy atom. The maximum atomic E-state index is 12.9. The van der Waals surface area contributed by atoms with E-state index in [-0.39, 0.29) is 24.0 Å². The van der Waals surface area contributed by atoms with Crippen molar-refractivity contribution in [2.75, 3.05) is 7.11 Å². The Hall–Kier alpha value is -1.06. The second kappa shape index (κ2) is 7.01. The Bertz CT molecular complexity index is 417. The zero-order chi connectivity index (χ0) is 15.5. The predicted molar refractivity (Wildman–Crippen MR) is 84.2 cm³/mol. The van der Waals surface area contributed by atoms with Gasteiger partial charge in [-0.05, 0) is 43.9 Å². The zero-order valence-electron chi connectivity index (χ0n) is 13.8. The van der Waals surface area contributed by atoms with Crippen molar-refractivity contribution in [2.45, 2.75) is 82.7 Å². The molecule has 3 atom stereocenters. The molecule has 1 heterocycles. The topological polar surface area (TPSA) is 46.6 Å². The molecule has 1 aliphatic heterocycles. The fraction of sp³-hybridized carbons (Fsp3) is 0.889. The highest BCUT2D eigenvalue weighted by atomic mass is 16.5. The van der Waals surface area contributed by atoms with Gasteiger partial charge in [0.1, 0.15) is 6.04 Å². The number of methoxy groups -OCH3 is 1. The zero-order valence-corrected chi connectivity index (χ0v) is 13.8. The average Bonchev–Trinajstić information content (AvgIpc) is 2.94. The molecule has 124 valence electrons. The summed E-state index contributed by atoms with van der Waals surface area (Å²) in [5.41, 5.74) is 0. The van der Waals surface area contributed by atoms with Crippen molar-refractivity contribution in [2.24, 2.45) is 11.8 Å². The predicted octanol–water partition coefficient (Wildman–Crippen LogP) is 3.29. The molecule has 0 N–H and O–H groups in total. The van der Waals surface area contributed by atoms with Crippen LogP contribution in [0.3, 0.4) is 0 Å². The van der Waals surface area contributed by atoms with Gasteiger partial charge in [0.15, 0.2) is 0 Å². The molecule has 4 heteroatoms. The number of carbonyl (C=O) groups is 2. The summed E-state index contributed by atoms with van der Waals surface area (Å²) >= 11 is 0. The van der Waals surface area contributed by atoms with Crippen LogP contribution in [0.25, 0.3) is 0 Å². The standard InChI is InChI=1S/C18H29NO3/c1-22-18(21)16-12-14-9-5-6-10-15(14)19(16)17(20)11-13-7-3-2-4-8-13/h13-16H,2-12H2,1H3. The van der Waals surface area contributed by atoms with Crippen LogP contribution in [0.2, 0.25) is 0 Å². The van der Waals surface area contributed by atoms with E-state index in [9.17, 15) is 9.59 Å². The number of amides is 1. The van der Waals surface area contributed by atoms with Crippen molar-refractivity contribution in [1.82, 2.24) is 4.90 Å². The number of hydrogen-bond donors (Lipinski definition) is 0. The number of carbonyl (C=O) groups excluding carboxylic acids is 2. The third-order valence-electron chi connectivity index (χ3n) is 6.04. The lowest BCUT2D eigenvalue weighted by Crippen LogP contribution is -2.47. The number of nitrogens with zero attached hydrogens (tertiary/aromatic N) is 1. The van der Waals surface area contributed by atoms with E-state index in [1.165, 1.54) is 52.1 Å². The molecule has 3 unspecified atom stereocenters. The van der Waals surface area contributed by atoms with Crippen molar-refractivity contribution >= 4 is 11.9 Å². The third kappa shape index (κ3) is 3.16. The quantitative estimate of drug-likeness (QED) is 0.752. The average molecular weight is 307 g/mol. The summed E-state index contributed by atoms with van der Waals surface area (Å²) in [6.07, 6.45) is 12.3. The summed E-state index contributed by atoms with van der Waals surface area (Å²) in [5.74, 6) is 1.03. The maximum absolute atomic E-state index is 12.9. The number of fused-ring (bicyclic) bond motifs is 1. The van der Waals surface area contributed by atoms with Gasteiger partial charge in [-0.25, -0.2) is 4.79 Å². The van der Waals surface area contributed by atoms with Crippen molar-refractivity contribution in [3.8, 4) is 0 Å². The molecule has 1 saturated heterocycles. The summed E-state index contributed by atoms with van der Waals surface area (Å²) in [4.78, 5) is 27.0. The van der Waals surface area contributed by atoms with E-state index < -0.39 is 0 Å². The molecular formula is C18H29NO3. The number of ether oxygens (including phenoxy) is 1. The van der Waals surface area contributed by atoms with Gasteiger partial charge in [0.25, 0.3) is 0 Å². The normalized spacial score (nSPS) is 32.6. The first-order valence-electron chi connectivity index (χ1n) is 9.09. The van der Waals surface area contributed by atoms with E-state index in [2.05, 4.69) is 0 Å². The van der Waals surface area contributed by atoms with Gasteiger partial charge in [0, 0.05) is 12.5 Å². The Morgan fingerprint density at radius 1 is 1.00 bits per heavy atom. The molecule has 22 heavy (non-hydrogen) atoms. The summed E-state index contributed by atoms with van der Waals surface area (Å²) in [5, 5.41) is 0. The van der Waals surface area contributed by atoms with Crippen LogP contribution in [0.1, 0.15) is 70.6 Å². The van der Waals surface area contributed by atoms with Gasteiger partial charge in [-0.15, -0.1) is 0 Å². The lowest BCUT2D eigenvalue weighted by Gasteiger charge is -2.34. The van der Waals surface area contributed by atoms with Gasteiger partial charge in [-0.2, -0.15) is 0 Å². The van der Waals surface area contributed by atoms with Crippen LogP contribution in [0.15, 0.2) is 0 Å². The molecule has 3 fully saturated rings. The first kappa shape index (κ1) is 15.8. The van der Waals surface area contributed by atoms with E-state index in [1.54, 1.807) is 0 Å². The third-order valence-corrected chi connectivity index (χ3v) is 6.04. The molecule has 4 nitrogen and oxygen atoms in total. The van der Waals surface area contributed by atoms with Crippen LogP contribution >= 0.6 is 0 Å². The van der Waals surface area contributed by atoms with E-state index in [0.29, 0.717) is 18.3 Å². The van der Waals surface area contributed by atoms with Crippen molar-refractivity contribution < 1.29 is 14.3 Å². The van der Waals surface area contributed by atoms with Gasteiger partial charge in [0.2, 0.25) is 5.91 Å². The number of hydrogen-bond acceptors (Lipinski definition) is 3. The highest BCUT2D eigenvalue weighted by Gasteiger charge is 2.47. The van der Waals surface area contributed by atoms with E-state index in [0.717, 1.165) is 19.3 Å². The summed E-state index contributed by atoms with van der Waals surface area (Å²) in [6.45, 7) is 0. The minimum atomic E-state index is -0.325. The Kier molecular flexibility index (Phi) is 5.04. The van der Waals surface area contributed by atoms with Crippen LogP contribution in [0.4, 0.5) is 0 Å². The van der Waals surface area contributed by atoms with Crippen LogP contribution in [-0.4, -0.2) is 36.0 Å². The number of likely N-dealkylation sites (tertiary alicyclic amines) is 1. The van der Waals surface area contributed by atoms with Crippen LogP contribution in [0.5, 0.6) is 0 Å². The second-order valence-electron chi connectivity index (χ2n) is 7.40. The minimum absolute atomic E-state index is 0.205. The van der Waals surface area contributed by atoms with Crippen molar-refractivity contribution in [1.29, 1.82) is 0 Å². The van der Waals surface area contributed by atoms with Gasteiger partial charge < -0.3 is 9.64 Å². The molecule has 1 amide bonds. The lowest BCUT2D eigenvalue weighted by molar-refractivity contribution is -0.152. The van der Waals surface area contributed by atoms with E-state index >= 15 is 0 Å². The van der Waals surface area contributed by atoms with Crippen LogP contribution in [0, 0.1) is 11.8 Å². The Labute approximate surface area is 133 Å². The molecular weight excluding hydrogens is 278 g/mol. The number of esters is 1. The molecule has 0 bridgehead atoms. The van der Waals surface area contributed by atoms with Crippen LogP contribution in [-0.2, 0) is 14.3 Å². The first-order chi connectivity index (χ1) is 10.7. The second-order valence-corrected chi connectivity index (χ2v) is 7.40. The molecule has 3 rings (SSSR count). The maximum Gasteiger partial charge on any atom is 0.328 e. The highest BCUT2D eigenvalue weighted by Crippen LogP contribution is 2.41. The molecule has 3 aliphatic rings. The number of rotatable bonds is 3. The van der Waals surface area contributed by atoms with E-state index in [1.807, 2.05) is 4.90 Å². The minimum Gasteiger partial charge on any atom is -0.467 e. The fourth-order valence-electron chi connectivity index (χ4n) is 4.91. The molecule has 0 radical (unpaired) electrons. The fourth-order valence-corrected chi connectivity index (χ4v) is 4.91. The summed E-state index contributed by atoms with van der Waals surface area (Å²) < 4.78 is 4.98. The van der Waals surface area contributed by atoms with Gasteiger partial charge in [0.05, 0.1) is 7.11 Å². The first-order valence-corrected chi connectivity index (χ1v) is 9.09. The highest BCUT2D eigenvalue weighted by molar-refractivity contribution is 5.85. The molecule has 0 aromatic rings. The monoisotopic (exact) mass is 307 g/mol. The van der Waals surface area contributed by atoms with Gasteiger partial charge >= 0.3 is 5.97 Å². The van der Waals surface area contributed by atoms with Crippen LogP contribution < -0.4 is 0 Å². The summed E-state index contributed by atoms with van der Waals surface area (Å²) in [7, 11) is 1.44. The van der Waals surface area contributed by atoms with Gasteiger partial charge in [-0.1, -0.05) is 32.1 Å². The lowest BCUT2D eigenvalue weighted by atomic mass is 9.84. The summed E-state index contributed by atoms with van der Waals surface area (Å²) in [6, 6.07) is -0.0388. The largest absolute Gasteiger partial charge is 0.467 e. The Morgan fingerprint density at radius 3 is 2.41 bits per heavy atom. The molecule has 0 aromatic carbocycles. The van der Waals surface area contributed by atoms with Crippen molar-refractivity contribution in [3.05, 3.63) is 0 Å². The van der Waals surface area contributed by atoms with Crippen molar-refractivity contribution in [3.63, 3.8) is 0 Å². The molecule has 2 saturated carbocycles. The molecule has 0 spiro atoms. The smallest absolute Gasteiger partial charge is 0.328 e. The molecule has 0 aromatic heterocycles. The Balaban J connectivity index is 1.71. The molecule has 2 aliphatic carbocycles.